The van der Waals surface area contributed by atoms with Crippen LogP contribution in [0.15, 0.2) is 23.0 Å². The Labute approximate surface area is 98.0 Å². The molecule has 0 aliphatic rings. The van der Waals surface area contributed by atoms with Crippen LogP contribution < -0.4 is 0 Å². The van der Waals surface area contributed by atoms with Crippen LogP contribution in [0, 0.1) is 0 Å². The lowest BCUT2D eigenvalue weighted by Crippen LogP contribution is -1.96. The van der Waals surface area contributed by atoms with Crippen LogP contribution in [0.5, 0.6) is 0 Å². The third-order valence-corrected chi connectivity index (χ3v) is 2.85. The molecule has 2 nitrogen and oxygen atoms in total. The minimum Gasteiger partial charge on any atom is -0.472 e. The summed E-state index contributed by atoms with van der Waals surface area (Å²) in [5.74, 6) is 0.210. The van der Waals surface area contributed by atoms with E-state index in [4.69, 9.17) is 4.42 Å². The Morgan fingerprint density at radius 1 is 1.12 bits per heavy atom. The molecular formula is C14H22O2. The molecule has 0 atom stereocenters. The molecule has 0 N–H and O–H groups in total. The monoisotopic (exact) mass is 222 g/mol. The van der Waals surface area contributed by atoms with E-state index in [0.717, 1.165) is 6.42 Å². The van der Waals surface area contributed by atoms with Crippen LogP contribution in [-0.4, -0.2) is 5.78 Å². The molecule has 1 aromatic heterocycles. The molecule has 1 aromatic rings. The third-order valence-electron chi connectivity index (χ3n) is 2.85. The van der Waals surface area contributed by atoms with E-state index >= 15 is 0 Å². The molecule has 0 aliphatic heterocycles. The third kappa shape index (κ3) is 5.15. The van der Waals surface area contributed by atoms with Crippen molar-refractivity contribution >= 4 is 5.78 Å². The van der Waals surface area contributed by atoms with E-state index < -0.39 is 0 Å². The van der Waals surface area contributed by atoms with Crippen LogP contribution in [0.25, 0.3) is 0 Å². The average Bonchev–Trinajstić information content (AvgIpc) is 2.81. The summed E-state index contributed by atoms with van der Waals surface area (Å²) in [7, 11) is 0. The fourth-order valence-corrected chi connectivity index (χ4v) is 1.81. The van der Waals surface area contributed by atoms with Crippen LogP contribution in [0.2, 0.25) is 0 Å². The highest BCUT2D eigenvalue weighted by Gasteiger charge is 2.05. The van der Waals surface area contributed by atoms with Crippen molar-refractivity contribution in [2.45, 2.75) is 58.3 Å². The molecule has 0 aliphatic carbocycles. The molecule has 0 saturated heterocycles. The zero-order chi connectivity index (χ0) is 11.6. The molecule has 90 valence electrons. The van der Waals surface area contributed by atoms with Crippen molar-refractivity contribution in [2.24, 2.45) is 0 Å². The van der Waals surface area contributed by atoms with Crippen molar-refractivity contribution in [1.82, 2.24) is 0 Å². The van der Waals surface area contributed by atoms with Gasteiger partial charge < -0.3 is 4.42 Å². The first-order valence-corrected chi connectivity index (χ1v) is 6.40. The van der Waals surface area contributed by atoms with Gasteiger partial charge >= 0.3 is 0 Å². The quantitative estimate of drug-likeness (QED) is 0.451. The molecule has 1 rings (SSSR count). The first kappa shape index (κ1) is 13.0. The molecule has 0 spiro atoms. The van der Waals surface area contributed by atoms with Gasteiger partial charge in [-0.1, -0.05) is 45.4 Å². The minimum absolute atomic E-state index is 0.210. The summed E-state index contributed by atoms with van der Waals surface area (Å²) in [6.07, 6.45) is 12.5. The van der Waals surface area contributed by atoms with Gasteiger partial charge in [-0.3, -0.25) is 4.79 Å². The highest BCUT2D eigenvalue weighted by atomic mass is 16.3. The fourth-order valence-electron chi connectivity index (χ4n) is 1.81. The fraction of sp³-hybridized carbons (Fsp3) is 0.643. The first-order chi connectivity index (χ1) is 7.84. The van der Waals surface area contributed by atoms with Crippen LogP contribution in [0.1, 0.15) is 68.6 Å². The summed E-state index contributed by atoms with van der Waals surface area (Å²) in [4.78, 5) is 11.6. The maximum Gasteiger partial charge on any atom is 0.166 e. The second-order valence-corrected chi connectivity index (χ2v) is 4.31. The molecular weight excluding hydrogens is 200 g/mol. The Morgan fingerprint density at radius 3 is 2.44 bits per heavy atom. The van der Waals surface area contributed by atoms with Gasteiger partial charge in [0.15, 0.2) is 5.78 Å². The summed E-state index contributed by atoms with van der Waals surface area (Å²) >= 11 is 0. The number of rotatable bonds is 9. The lowest BCUT2D eigenvalue weighted by molar-refractivity contribution is 0.0978. The van der Waals surface area contributed by atoms with Gasteiger partial charge in [-0.25, -0.2) is 0 Å². The largest absolute Gasteiger partial charge is 0.472 e. The number of unbranched alkanes of at least 4 members (excludes halogenated alkanes) is 6. The topological polar surface area (TPSA) is 30.2 Å². The van der Waals surface area contributed by atoms with Crippen LogP contribution in [-0.2, 0) is 0 Å². The highest BCUT2D eigenvalue weighted by molar-refractivity contribution is 5.95. The van der Waals surface area contributed by atoms with Crippen molar-refractivity contribution in [2.75, 3.05) is 0 Å². The van der Waals surface area contributed by atoms with Crippen molar-refractivity contribution in [3.05, 3.63) is 24.2 Å². The molecule has 16 heavy (non-hydrogen) atoms. The number of furan rings is 1. The Hall–Kier alpha value is -1.05. The normalized spacial score (nSPS) is 10.6. The Bertz CT molecular complexity index is 275. The first-order valence-electron chi connectivity index (χ1n) is 6.40. The molecule has 0 unspecified atom stereocenters. The summed E-state index contributed by atoms with van der Waals surface area (Å²) in [6, 6.07) is 1.74. The van der Waals surface area contributed by atoms with Crippen molar-refractivity contribution in [1.29, 1.82) is 0 Å². The number of Topliss-reactive ketones (excluding diaryl/α,β-unsaturated/α-hetero) is 1. The van der Waals surface area contributed by atoms with Gasteiger partial charge in [-0.15, -0.1) is 0 Å². The lowest BCUT2D eigenvalue weighted by atomic mass is 10.0. The number of ketones is 1. The molecule has 2 heteroatoms. The lowest BCUT2D eigenvalue weighted by Gasteiger charge is -2.00. The van der Waals surface area contributed by atoms with E-state index in [1.165, 1.54) is 44.8 Å². The Kier molecular flexibility index (Phi) is 6.62. The number of carbonyl (C=O) groups is 1. The summed E-state index contributed by atoms with van der Waals surface area (Å²) in [5.41, 5.74) is 0.714. The zero-order valence-electron chi connectivity index (χ0n) is 10.2. The summed E-state index contributed by atoms with van der Waals surface area (Å²) in [5, 5.41) is 0. The van der Waals surface area contributed by atoms with E-state index in [2.05, 4.69) is 6.92 Å². The Morgan fingerprint density at radius 2 is 1.81 bits per heavy atom. The van der Waals surface area contributed by atoms with E-state index in [0.29, 0.717) is 12.0 Å². The summed E-state index contributed by atoms with van der Waals surface area (Å²) < 4.78 is 4.89. The second-order valence-electron chi connectivity index (χ2n) is 4.31. The van der Waals surface area contributed by atoms with E-state index in [1.54, 1.807) is 12.3 Å². The summed E-state index contributed by atoms with van der Waals surface area (Å²) in [6.45, 7) is 2.23. The molecule has 0 aromatic carbocycles. The molecule has 0 saturated carbocycles. The highest BCUT2D eigenvalue weighted by Crippen LogP contribution is 2.11. The maximum absolute atomic E-state index is 11.6. The average molecular weight is 222 g/mol. The standard InChI is InChI=1S/C14H22O2/c1-2-3-4-5-6-7-8-9-14(15)13-10-11-16-12-13/h10-12H,2-9H2,1H3. The van der Waals surface area contributed by atoms with Gasteiger partial charge in [0.05, 0.1) is 11.8 Å². The van der Waals surface area contributed by atoms with E-state index in [1.807, 2.05) is 0 Å². The van der Waals surface area contributed by atoms with Gasteiger partial charge in [-0.05, 0) is 12.5 Å². The van der Waals surface area contributed by atoms with Gasteiger partial charge in [0, 0.05) is 6.42 Å². The molecule has 1 heterocycles. The van der Waals surface area contributed by atoms with Crippen molar-refractivity contribution < 1.29 is 9.21 Å². The molecule has 0 radical (unpaired) electrons. The SMILES string of the molecule is CCCCCCCCCC(=O)c1ccoc1. The molecule has 0 amide bonds. The predicted octanol–water partition coefficient (Wildman–Crippen LogP) is 4.60. The minimum atomic E-state index is 0.210. The number of hydrogen-bond donors (Lipinski definition) is 0. The van der Waals surface area contributed by atoms with Gasteiger partial charge in [0.2, 0.25) is 0 Å². The van der Waals surface area contributed by atoms with Crippen LogP contribution in [0.3, 0.4) is 0 Å². The van der Waals surface area contributed by atoms with Crippen molar-refractivity contribution in [3.8, 4) is 0 Å². The van der Waals surface area contributed by atoms with Gasteiger partial charge in [0.1, 0.15) is 6.26 Å². The smallest absolute Gasteiger partial charge is 0.166 e. The number of carbonyl (C=O) groups excluding carboxylic acids is 1. The zero-order valence-corrected chi connectivity index (χ0v) is 10.2. The second kappa shape index (κ2) is 8.14. The van der Waals surface area contributed by atoms with Crippen molar-refractivity contribution in [3.63, 3.8) is 0 Å². The number of hydrogen-bond acceptors (Lipinski definition) is 2. The van der Waals surface area contributed by atoms with E-state index in [9.17, 15) is 4.79 Å². The molecule has 0 bridgehead atoms. The maximum atomic E-state index is 11.6. The van der Waals surface area contributed by atoms with Crippen LogP contribution in [0.4, 0.5) is 0 Å². The van der Waals surface area contributed by atoms with Crippen LogP contribution >= 0.6 is 0 Å². The molecule has 0 fully saturated rings. The van der Waals surface area contributed by atoms with Gasteiger partial charge in [-0.2, -0.15) is 0 Å². The van der Waals surface area contributed by atoms with Gasteiger partial charge in [0.25, 0.3) is 0 Å². The Balaban J connectivity index is 1.97. The predicted molar refractivity (Wildman–Crippen MR) is 65.6 cm³/mol. The van der Waals surface area contributed by atoms with E-state index in [-0.39, 0.29) is 5.78 Å².